The van der Waals surface area contributed by atoms with Crippen LogP contribution in [0.25, 0.3) is 0 Å². The zero-order valence-electron chi connectivity index (χ0n) is 7.57. The average molecular weight is 234 g/mol. The molecule has 1 aromatic heterocycles. The molecule has 1 unspecified atom stereocenters. The first-order chi connectivity index (χ1) is 6.68. The van der Waals surface area contributed by atoms with E-state index >= 15 is 0 Å². The third-order valence-electron chi connectivity index (χ3n) is 2.65. The maximum Gasteiger partial charge on any atom is 0.0931 e. The second-order valence-electron chi connectivity index (χ2n) is 3.63. The minimum Gasteiger partial charge on any atom is -0.396 e. The molecule has 0 bridgehead atoms. The van der Waals surface area contributed by atoms with Gasteiger partial charge in [-0.2, -0.15) is 0 Å². The monoisotopic (exact) mass is 233 g/mol. The van der Waals surface area contributed by atoms with Crippen LogP contribution >= 0.6 is 22.9 Å². The fraction of sp³-hybridized carbons (Fsp3) is 0.556. The van der Waals surface area contributed by atoms with Crippen molar-refractivity contribution in [2.75, 3.05) is 19.8 Å². The van der Waals surface area contributed by atoms with Gasteiger partial charge in [0.15, 0.2) is 0 Å². The normalized spacial score (nSPS) is 21.6. The zero-order chi connectivity index (χ0) is 10.2. The summed E-state index contributed by atoms with van der Waals surface area (Å²) in [4.78, 5) is 1.01. The number of hydrogen-bond acceptors (Lipinski definition) is 4. The van der Waals surface area contributed by atoms with E-state index in [4.69, 9.17) is 22.1 Å². The molecule has 78 valence electrons. The van der Waals surface area contributed by atoms with Gasteiger partial charge < -0.3 is 15.6 Å². The van der Waals surface area contributed by atoms with Gasteiger partial charge in [-0.1, -0.05) is 11.6 Å². The van der Waals surface area contributed by atoms with Gasteiger partial charge >= 0.3 is 0 Å². The molecule has 5 heteroatoms. The third-order valence-corrected chi connectivity index (χ3v) is 3.97. The van der Waals surface area contributed by atoms with E-state index in [0.29, 0.717) is 13.2 Å². The minimum absolute atomic E-state index is 0.0592. The Balaban J connectivity index is 2.18. The second-order valence-corrected chi connectivity index (χ2v) is 5.38. The summed E-state index contributed by atoms with van der Waals surface area (Å²) >= 11 is 7.29. The maximum absolute atomic E-state index is 9.29. The van der Waals surface area contributed by atoms with E-state index in [2.05, 4.69) is 0 Å². The lowest BCUT2D eigenvalue weighted by Gasteiger charge is -2.43. The van der Waals surface area contributed by atoms with Gasteiger partial charge in [0, 0.05) is 4.88 Å². The first-order valence-corrected chi connectivity index (χ1v) is 5.57. The van der Waals surface area contributed by atoms with E-state index in [9.17, 15) is 5.11 Å². The number of aliphatic hydroxyl groups excluding tert-OH is 1. The van der Waals surface area contributed by atoms with Crippen LogP contribution in [0.4, 0.5) is 0 Å². The van der Waals surface area contributed by atoms with Crippen molar-refractivity contribution in [3.63, 3.8) is 0 Å². The highest BCUT2D eigenvalue weighted by atomic mass is 35.5. The fourth-order valence-electron chi connectivity index (χ4n) is 1.53. The topological polar surface area (TPSA) is 55.5 Å². The maximum atomic E-state index is 9.29. The molecule has 1 saturated heterocycles. The van der Waals surface area contributed by atoms with Crippen LogP contribution in [0.3, 0.4) is 0 Å². The lowest BCUT2D eigenvalue weighted by atomic mass is 9.79. The number of ether oxygens (including phenoxy) is 1. The summed E-state index contributed by atoms with van der Waals surface area (Å²) in [6.45, 7) is 1.12. The summed E-state index contributed by atoms with van der Waals surface area (Å²) in [5, 5.41) is 9.29. The molecule has 1 atom stereocenters. The van der Waals surface area contributed by atoms with Gasteiger partial charge in [0.05, 0.1) is 35.6 Å². The second kappa shape index (κ2) is 3.79. The average Bonchev–Trinajstić information content (AvgIpc) is 2.50. The molecule has 1 aromatic rings. The number of aliphatic hydroxyl groups is 1. The molecule has 14 heavy (non-hydrogen) atoms. The molecule has 1 aliphatic rings. The van der Waals surface area contributed by atoms with Crippen LogP contribution in [0, 0.1) is 5.41 Å². The SMILES string of the molecule is NC(c1ccc(Cl)s1)C1(CO)COC1. The van der Waals surface area contributed by atoms with Crippen molar-refractivity contribution in [3.8, 4) is 0 Å². The number of thiophene rings is 1. The van der Waals surface area contributed by atoms with Crippen molar-refractivity contribution in [1.82, 2.24) is 0 Å². The highest BCUT2D eigenvalue weighted by molar-refractivity contribution is 7.16. The van der Waals surface area contributed by atoms with E-state index < -0.39 is 0 Å². The Kier molecular flexibility index (Phi) is 2.81. The molecule has 2 heterocycles. The number of rotatable bonds is 3. The summed E-state index contributed by atoms with van der Waals surface area (Å²) in [6.07, 6.45) is 0. The van der Waals surface area contributed by atoms with Crippen molar-refractivity contribution < 1.29 is 9.84 Å². The molecule has 3 nitrogen and oxygen atoms in total. The smallest absolute Gasteiger partial charge is 0.0931 e. The first kappa shape index (κ1) is 10.4. The van der Waals surface area contributed by atoms with E-state index in [1.54, 1.807) is 0 Å². The Labute approximate surface area is 91.4 Å². The largest absolute Gasteiger partial charge is 0.396 e. The molecule has 0 spiro atoms. The van der Waals surface area contributed by atoms with Gasteiger partial charge in [-0.3, -0.25) is 0 Å². The Morgan fingerprint density at radius 1 is 1.64 bits per heavy atom. The van der Waals surface area contributed by atoms with Gasteiger partial charge in [0.25, 0.3) is 0 Å². The molecule has 0 aliphatic carbocycles. The molecular formula is C9H12ClNO2S. The van der Waals surface area contributed by atoms with Crippen LogP contribution in [0.15, 0.2) is 12.1 Å². The summed E-state index contributed by atoms with van der Waals surface area (Å²) in [5.74, 6) is 0. The van der Waals surface area contributed by atoms with E-state index in [1.807, 2.05) is 12.1 Å². The number of halogens is 1. The van der Waals surface area contributed by atoms with Gasteiger partial charge in [0.2, 0.25) is 0 Å². The van der Waals surface area contributed by atoms with Gasteiger partial charge in [0.1, 0.15) is 0 Å². The number of nitrogens with two attached hydrogens (primary N) is 1. The van der Waals surface area contributed by atoms with Crippen LogP contribution in [0.2, 0.25) is 4.34 Å². The Morgan fingerprint density at radius 2 is 2.36 bits per heavy atom. The van der Waals surface area contributed by atoms with Crippen LogP contribution in [-0.2, 0) is 4.74 Å². The van der Waals surface area contributed by atoms with Crippen molar-refractivity contribution in [3.05, 3.63) is 21.3 Å². The molecule has 0 amide bonds. The third kappa shape index (κ3) is 1.57. The molecule has 0 aromatic carbocycles. The van der Waals surface area contributed by atoms with Gasteiger partial charge in [-0.25, -0.2) is 0 Å². The van der Waals surface area contributed by atoms with Crippen molar-refractivity contribution >= 4 is 22.9 Å². The van der Waals surface area contributed by atoms with Crippen LogP contribution < -0.4 is 5.73 Å². The Morgan fingerprint density at radius 3 is 2.71 bits per heavy atom. The van der Waals surface area contributed by atoms with Crippen LogP contribution in [-0.4, -0.2) is 24.9 Å². The lowest BCUT2D eigenvalue weighted by Crippen LogP contribution is -2.52. The van der Waals surface area contributed by atoms with Gasteiger partial charge in [-0.15, -0.1) is 11.3 Å². The Bertz CT molecular complexity index is 319. The first-order valence-electron chi connectivity index (χ1n) is 4.37. The highest BCUT2D eigenvalue weighted by Crippen LogP contribution is 2.41. The standard InChI is InChI=1S/C9H12ClNO2S/c10-7-2-1-6(14-7)8(11)9(3-12)4-13-5-9/h1-2,8,12H,3-5,11H2. The molecular weight excluding hydrogens is 222 g/mol. The number of hydrogen-bond donors (Lipinski definition) is 2. The molecule has 1 fully saturated rings. The molecule has 2 rings (SSSR count). The molecule has 3 N–H and O–H groups in total. The fourth-order valence-corrected chi connectivity index (χ4v) is 2.74. The van der Waals surface area contributed by atoms with Gasteiger partial charge in [-0.05, 0) is 12.1 Å². The molecule has 1 aliphatic heterocycles. The van der Waals surface area contributed by atoms with E-state index in [1.165, 1.54) is 11.3 Å². The summed E-state index contributed by atoms with van der Waals surface area (Å²) < 4.78 is 5.84. The van der Waals surface area contributed by atoms with Crippen LogP contribution in [0.1, 0.15) is 10.9 Å². The zero-order valence-corrected chi connectivity index (χ0v) is 9.14. The van der Waals surface area contributed by atoms with E-state index in [0.717, 1.165) is 9.21 Å². The van der Waals surface area contributed by atoms with Crippen molar-refractivity contribution in [1.29, 1.82) is 0 Å². The Hall–Kier alpha value is -0.130. The summed E-state index contributed by atoms with van der Waals surface area (Å²) in [6, 6.07) is 3.55. The summed E-state index contributed by atoms with van der Waals surface area (Å²) in [5.41, 5.74) is 5.77. The molecule has 0 saturated carbocycles. The molecule has 0 radical (unpaired) electrons. The minimum atomic E-state index is -0.297. The highest BCUT2D eigenvalue weighted by Gasteiger charge is 2.44. The summed E-state index contributed by atoms with van der Waals surface area (Å²) in [7, 11) is 0. The van der Waals surface area contributed by atoms with Crippen LogP contribution in [0.5, 0.6) is 0 Å². The lowest BCUT2D eigenvalue weighted by molar-refractivity contribution is -0.150. The van der Waals surface area contributed by atoms with Crippen molar-refractivity contribution in [2.24, 2.45) is 11.1 Å². The predicted octanol–water partition coefficient (Wildman–Crippen LogP) is 1.41. The quantitative estimate of drug-likeness (QED) is 0.830. The van der Waals surface area contributed by atoms with E-state index in [-0.39, 0.29) is 18.1 Å². The predicted molar refractivity (Wildman–Crippen MR) is 56.6 cm³/mol. The van der Waals surface area contributed by atoms with Crippen molar-refractivity contribution in [2.45, 2.75) is 6.04 Å².